The molecule has 0 saturated carbocycles. The van der Waals surface area contributed by atoms with Crippen molar-refractivity contribution >= 4 is 34.6 Å². The van der Waals surface area contributed by atoms with E-state index < -0.39 is 5.97 Å². The SMILES string of the molecule is CCCCN(Cc1cccs1)c1ccc(NC(=O)c2cccc(C)c2)cc1C(=O)O. The lowest BCUT2D eigenvalue weighted by atomic mass is 10.1. The number of unbranched alkanes of at least 4 members (excludes halogenated alkanes) is 1. The highest BCUT2D eigenvalue weighted by atomic mass is 32.1. The smallest absolute Gasteiger partial charge is 0.337 e. The van der Waals surface area contributed by atoms with Crippen molar-refractivity contribution in [3.8, 4) is 0 Å². The number of carboxylic acid groups (broad SMARTS) is 1. The molecule has 2 N–H and O–H groups in total. The second kappa shape index (κ2) is 10.1. The molecule has 0 aliphatic carbocycles. The lowest BCUT2D eigenvalue weighted by Gasteiger charge is -2.26. The van der Waals surface area contributed by atoms with Crippen molar-refractivity contribution in [1.29, 1.82) is 0 Å². The van der Waals surface area contributed by atoms with Crippen LogP contribution < -0.4 is 10.2 Å². The van der Waals surface area contributed by atoms with Crippen LogP contribution in [0.5, 0.6) is 0 Å². The number of aromatic carboxylic acids is 1. The van der Waals surface area contributed by atoms with Gasteiger partial charge in [0.15, 0.2) is 0 Å². The Bertz CT molecular complexity index is 1020. The van der Waals surface area contributed by atoms with E-state index in [9.17, 15) is 14.7 Å². The van der Waals surface area contributed by atoms with Gasteiger partial charge in [-0.15, -0.1) is 11.3 Å². The maximum Gasteiger partial charge on any atom is 0.337 e. The summed E-state index contributed by atoms with van der Waals surface area (Å²) in [6.07, 6.45) is 1.99. The summed E-state index contributed by atoms with van der Waals surface area (Å²) in [5.41, 5.74) is 2.85. The summed E-state index contributed by atoms with van der Waals surface area (Å²) in [5.74, 6) is -1.27. The van der Waals surface area contributed by atoms with Gasteiger partial charge in [-0.25, -0.2) is 4.79 Å². The summed E-state index contributed by atoms with van der Waals surface area (Å²) in [7, 11) is 0. The third-order valence-corrected chi connectivity index (χ3v) is 5.68. The number of hydrogen-bond acceptors (Lipinski definition) is 4. The van der Waals surface area contributed by atoms with Gasteiger partial charge >= 0.3 is 5.97 Å². The highest BCUT2D eigenvalue weighted by molar-refractivity contribution is 7.09. The molecule has 0 spiro atoms. The minimum absolute atomic E-state index is 0.185. The van der Waals surface area contributed by atoms with Crippen LogP contribution in [0.25, 0.3) is 0 Å². The first-order valence-corrected chi connectivity index (χ1v) is 10.9. The first-order chi connectivity index (χ1) is 14.5. The molecule has 0 atom stereocenters. The molecule has 0 bridgehead atoms. The number of carboxylic acids is 1. The predicted octanol–water partition coefficient (Wildman–Crippen LogP) is 5.81. The van der Waals surface area contributed by atoms with E-state index in [-0.39, 0.29) is 11.5 Å². The first kappa shape index (κ1) is 21.6. The summed E-state index contributed by atoms with van der Waals surface area (Å²) in [4.78, 5) is 27.9. The number of amides is 1. The summed E-state index contributed by atoms with van der Waals surface area (Å²) in [6.45, 7) is 5.47. The Kier molecular flexibility index (Phi) is 7.25. The summed E-state index contributed by atoms with van der Waals surface area (Å²) in [5, 5.41) is 14.7. The van der Waals surface area contributed by atoms with E-state index in [4.69, 9.17) is 0 Å². The molecule has 3 aromatic rings. The molecule has 3 rings (SSSR count). The topological polar surface area (TPSA) is 69.6 Å². The second-order valence-corrected chi connectivity index (χ2v) is 8.25. The van der Waals surface area contributed by atoms with Crippen LogP contribution in [-0.4, -0.2) is 23.5 Å². The van der Waals surface area contributed by atoms with Crippen molar-refractivity contribution in [2.45, 2.75) is 33.2 Å². The molecule has 1 heterocycles. The van der Waals surface area contributed by atoms with Crippen molar-refractivity contribution in [2.24, 2.45) is 0 Å². The fourth-order valence-corrected chi connectivity index (χ4v) is 3.99. The fraction of sp³-hybridized carbons (Fsp3) is 0.250. The van der Waals surface area contributed by atoms with Gasteiger partial charge in [-0.2, -0.15) is 0 Å². The Labute approximate surface area is 181 Å². The van der Waals surface area contributed by atoms with Crippen LogP contribution in [0.1, 0.15) is 50.9 Å². The summed E-state index contributed by atoms with van der Waals surface area (Å²) >= 11 is 1.66. The van der Waals surface area contributed by atoms with Crippen LogP contribution >= 0.6 is 11.3 Å². The Morgan fingerprint density at radius 3 is 2.60 bits per heavy atom. The second-order valence-electron chi connectivity index (χ2n) is 7.22. The zero-order valence-corrected chi connectivity index (χ0v) is 18.0. The van der Waals surface area contributed by atoms with E-state index in [1.807, 2.05) is 30.5 Å². The lowest BCUT2D eigenvalue weighted by molar-refractivity contribution is 0.0697. The molecule has 0 aliphatic rings. The van der Waals surface area contributed by atoms with Crippen molar-refractivity contribution in [3.63, 3.8) is 0 Å². The van der Waals surface area contributed by atoms with Crippen LogP contribution in [0.4, 0.5) is 11.4 Å². The summed E-state index contributed by atoms with van der Waals surface area (Å²) in [6, 6.07) is 16.4. The van der Waals surface area contributed by atoms with Crippen LogP contribution in [0.15, 0.2) is 60.0 Å². The van der Waals surface area contributed by atoms with E-state index in [2.05, 4.69) is 23.2 Å². The molecule has 0 radical (unpaired) electrons. The Balaban J connectivity index is 1.87. The largest absolute Gasteiger partial charge is 0.478 e. The van der Waals surface area contributed by atoms with E-state index in [1.165, 1.54) is 4.88 Å². The maximum absolute atomic E-state index is 12.6. The van der Waals surface area contributed by atoms with E-state index in [0.29, 0.717) is 23.5 Å². The first-order valence-electron chi connectivity index (χ1n) is 10.0. The number of benzene rings is 2. The molecule has 0 aliphatic heterocycles. The van der Waals surface area contributed by atoms with Gasteiger partial charge in [0.1, 0.15) is 0 Å². The molecule has 30 heavy (non-hydrogen) atoms. The molecule has 1 aromatic heterocycles. The third kappa shape index (κ3) is 5.48. The third-order valence-electron chi connectivity index (χ3n) is 4.81. The van der Waals surface area contributed by atoms with E-state index in [1.54, 1.807) is 41.7 Å². The minimum atomic E-state index is -1.01. The van der Waals surface area contributed by atoms with Crippen molar-refractivity contribution in [3.05, 3.63) is 81.5 Å². The average molecular weight is 423 g/mol. The monoisotopic (exact) mass is 422 g/mol. The van der Waals surface area contributed by atoms with E-state index >= 15 is 0 Å². The maximum atomic E-state index is 12.6. The van der Waals surface area contributed by atoms with Gasteiger partial charge in [-0.1, -0.05) is 37.1 Å². The molecule has 5 nitrogen and oxygen atoms in total. The quantitative estimate of drug-likeness (QED) is 0.456. The number of nitrogens with zero attached hydrogens (tertiary/aromatic N) is 1. The molecule has 0 fully saturated rings. The number of carbonyl (C=O) groups excluding carboxylic acids is 1. The van der Waals surface area contributed by atoms with Gasteiger partial charge < -0.3 is 15.3 Å². The van der Waals surface area contributed by atoms with Gasteiger partial charge in [-0.3, -0.25) is 4.79 Å². The van der Waals surface area contributed by atoms with Gasteiger partial charge in [0.25, 0.3) is 5.91 Å². The molecule has 0 unspecified atom stereocenters. The number of nitrogens with one attached hydrogen (secondary N) is 1. The van der Waals surface area contributed by atoms with Crippen LogP contribution in [0.3, 0.4) is 0 Å². The Hall–Kier alpha value is -3.12. The van der Waals surface area contributed by atoms with Gasteiger partial charge in [-0.05, 0) is 55.1 Å². The molecule has 156 valence electrons. The van der Waals surface area contributed by atoms with Crippen LogP contribution in [0, 0.1) is 6.92 Å². The molecule has 0 saturated heterocycles. The minimum Gasteiger partial charge on any atom is -0.478 e. The van der Waals surface area contributed by atoms with Gasteiger partial charge in [0, 0.05) is 22.7 Å². The van der Waals surface area contributed by atoms with Crippen molar-refractivity contribution in [1.82, 2.24) is 0 Å². The number of thiophene rings is 1. The van der Waals surface area contributed by atoms with Gasteiger partial charge in [0.05, 0.1) is 17.8 Å². The zero-order valence-electron chi connectivity index (χ0n) is 17.2. The highest BCUT2D eigenvalue weighted by Gasteiger charge is 2.18. The Morgan fingerprint density at radius 1 is 1.10 bits per heavy atom. The predicted molar refractivity (Wildman–Crippen MR) is 123 cm³/mol. The number of carbonyl (C=O) groups is 2. The van der Waals surface area contributed by atoms with Crippen LogP contribution in [0.2, 0.25) is 0 Å². The number of aryl methyl sites for hydroxylation is 1. The highest BCUT2D eigenvalue weighted by Crippen LogP contribution is 2.28. The lowest BCUT2D eigenvalue weighted by Crippen LogP contribution is -2.25. The zero-order chi connectivity index (χ0) is 21.5. The Morgan fingerprint density at radius 2 is 1.93 bits per heavy atom. The standard InChI is InChI=1S/C24H26N2O3S/c1-3-4-12-26(16-20-9-6-13-30-20)22-11-10-19(15-21(22)24(28)29)25-23(27)18-8-5-7-17(2)14-18/h5-11,13-15H,3-4,12,16H2,1-2H3,(H,25,27)(H,28,29). The number of hydrogen-bond donors (Lipinski definition) is 2. The average Bonchev–Trinajstić information content (AvgIpc) is 3.24. The van der Waals surface area contributed by atoms with Gasteiger partial charge in [0.2, 0.25) is 0 Å². The molecule has 1 amide bonds. The molecular formula is C24H26N2O3S. The number of rotatable bonds is 9. The molecule has 6 heteroatoms. The van der Waals surface area contributed by atoms with E-state index in [0.717, 1.165) is 24.9 Å². The fourth-order valence-electron chi connectivity index (χ4n) is 3.27. The molecule has 2 aromatic carbocycles. The van der Waals surface area contributed by atoms with Crippen LogP contribution in [-0.2, 0) is 6.54 Å². The number of anilines is 2. The normalized spacial score (nSPS) is 10.6. The van der Waals surface area contributed by atoms with Crippen molar-refractivity contribution in [2.75, 3.05) is 16.8 Å². The summed E-state index contributed by atoms with van der Waals surface area (Å²) < 4.78 is 0. The molecular weight excluding hydrogens is 396 g/mol. The van der Waals surface area contributed by atoms with Crippen molar-refractivity contribution < 1.29 is 14.7 Å².